The predicted molar refractivity (Wildman–Crippen MR) is 150 cm³/mol. The molecular formula is C30H34N2O4S. The van der Waals surface area contributed by atoms with Crippen molar-refractivity contribution in [1.82, 2.24) is 0 Å². The zero-order valence-electron chi connectivity index (χ0n) is 22.3. The molecule has 3 aromatic carbocycles. The van der Waals surface area contributed by atoms with Crippen LogP contribution in [-0.2, 0) is 22.9 Å². The zero-order chi connectivity index (χ0) is 26.6. The van der Waals surface area contributed by atoms with Crippen molar-refractivity contribution in [3.05, 3.63) is 76.9 Å². The van der Waals surface area contributed by atoms with Crippen LogP contribution in [0.4, 0.5) is 5.69 Å². The first-order valence-corrected chi connectivity index (χ1v) is 14.3. The highest BCUT2D eigenvalue weighted by Crippen LogP contribution is 2.48. The second-order valence-electron chi connectivity index (χ2n) is 11.1. The van der Waals surface area contributed by atoms with E-state index >= 15 is 0 Å². The smallest absolute Gasteiger partial charge is 0.232 e. The van der Waals surface area contributed by atoms with Gasteiger partial charge in [0.1, 0.15) is 5.60 Å². The lowest BCUT2D eigenvalue weighted by atomic mass is 9.80. The maximum Gasteiger partial charge on any atom is 0.232 e. The molecule has 1 N–H and O–H groups in total. The number of hydrogen-bond donors (Lipinski definition) is 1. The van der Waals surface area contributed by atoms with Gasteiger partial charge in [-0.25, -0.2) is 8.42 Å². The van der Waals surface area contributed by atoms with Crippen molar-refractivity contribution in [2.75, 3.05) is 17.6 Å². The molecule has 7 heteroatoms. The third-order valence-corrected chi connectivity index (χ3v) is 8.19. The average molecular weight is 519 g/mol. The van der Waals surface area contributed by atoms with E-state index in [1.807, 2.05) is 30.3 Å². The van der Waals surface area contributed by atoms with Crippen molar-refractivity contribution in [3.63, 3.8) is 0 Å². The van der Waals surface area contributed by atoms with Crippen LogP contribution >= 0.6 is 0 Å². The number of methoxy groups -OCH3 is 1. The molecule has 5 rings (SSSR count). The van der Waals surface area contributed by atoms with Gasteiger partial charge in [0.25, 0.3) is 0 Å². The molecule has 0 atom stereocenters. The van der Waals surface area contributed by atoms with E-state index in [4.69, 9.17) is 14.5 Å². The fraction of sp³-hybridized carbons (Fsp3) is 0.367. The van der Waals surface area contributed by atoms with Crippen molar-refractivity contribution in [1.29, 1.82) is 0 Å². The molecule has 0 saturated carbocycles. The molecule has 0 radical (unpaired) electrons. The van der Waals surface area contributed by atoms with Crippen LogP contribution < -0.4 is 14.2 Å². The normalized spacial score (nSPS) is 17.3. The number of fused-ring (bicyclic) bond motifs is 3. The van der Waals surface area contributed by atoms with Crippen molar-refractivity contribution in [2.45, 2.75) is 58.6 Å². The van der Waals surface area contributed by atoms with Crippen molar-refractivity contribution >= 4 is 21.4 Å². The fourth-order valence-corrected chi connectivity index (χ4v) is 5.92. The van der Waals surface area contributed by atoms with Gasteiger partial charge in [-0.15, -0.1) is 0 Å². The second kappa shape index (κ2) is 8.91. The summed E-state index contributed by atoms with van der Waals surface area (Å²) in [5.74, 6) is 1.61. The van der Waals surface area contributed by atoms with E-state index in [9.17, 15) is 8.42 Å². The summed E-state index contributed by atoms with van der Waals surface area (Å²) in [7, 11) is -1.66. The van der Waals surface area contributed by atoms with E-state index in [-0.39, 0.29) is 16.9 Å². The highest BCUT2D eigenvalue weighted by Gasteiger charge is 2.39. The number of ether oxygens (including phenoxy) is 2. The van der Waals surface area contributed by atoms with E-state index in [1.165, 1.54) is 5.56 Å². The number of rotatable bonds is 6. The van der Waals surface area contributed by atoms with Crippen LogP contribution in [-0.4, -0.2) is 38.1 Å². The van der Waals surface area contributed by atoms with Gasteiger partial charge in [-0.2, -0.15) is 0 Å². The summed E-state index contributed by atoms with van der Waals surface area (Å²) in [6.45, 7) is 10.1. The van der Waals surface area contributed by atoms with Crippen LogP contribution in [0.3, 0.4) is 0 Å². The fourth-order valence-electron chi connectivity index (χ4n) is 5.29. The number of sulfonamides is 1. The van der Waals surface area contributed by atoms with Crippen LogP contribution in [0.25, 0.3) is 11.1 Å². The van der Waals surface area contributed by atoms with Gasteiger partial charge >= 0.3 is 0 Å². The minimum absolute atomic E-state index is 0.0252. The number of anilines is 1. The summed E-state index contributed by atoms with van der Waals surface area (Å²) in [6, 6.07) is 17.9. The molecule has 3 aromatic rings. The quantitative estimate of drug-likeness (QED) is 0.434. The van der Waals surface area contributed by atoms with Crippen molar-refractivity contribution in [2.24, 2.45) is 4.99 Å². The lowest BCUT2D eigenvalue weighted by molar-refractivity contribution is 0.134. The molecular weight excluding hydrogens is 484 g/mol. The number of hydrogen-bond acceptors (Lipinski definition) is 5. The summed E-state index contributed by atoms with van der Waals surface area (Å²) in [5.41, 5.74) is 7.35. The summed E-state index contributed by atoms with van der Waals surface area (Å²) >= 11 is 0. The van der Waals surface area contributed by atoms with E-state index in [1.54, 1.807) is 20.1 Å². The predicted octanol–water partition coefficient (Wildman–Crippen LogP) is 6.01. The Bertz CT molecular complexity index is 1520. The van der Waals surface area contributed by atoms with Crippen LogP contribution in [0.5, 0.6) is 11.5 Å². The van der Waals surface area contributed by atoms with Gasteiger partial charge in [0.05, 0.1) is 24.1 Å². The molecule has 2 aliphatic heterocycles. The molecule has 0 amide bonds. The largest absolute Gasteiger partial charge is 0.493 e. The van der Waals surface area contributed by atoms with Crippen LogP contribution in [0, 0.1) is 0 Å². The van der Waals surface area contributed by atoms with Gasteiger partial charge in [0.15, 0.2) is 11.5 Å². The summed E-state index contributed by atoms with van der Waals surface area (Å²) in [6.07, 6.45) is 1.59. The maximum atomic E-state index is 12.1. The maximum absolute atomic E-state index is 12.1. The summed E-state index contributed by atoms with van der Waals surface area (Å²) in [5, 5.41) is 0. The minimum atomic E-state index is -3.36. The van der Waals surface area contributed by atoms with E-state index in [0.29, 0.717) is 5.69 Å². The molecule has 6 nitrogen and oxygen atoms in total. The first-order chi connectivity index (χ1) is 17.4. The van der Waals surface area contributed by atoms with Crippen LogP contribution in [0.15, 0.2) is 59.6 Å². The average Bonchev–Trinajstić information content (AvgIpc) is 3.17. The molecule has 37 heavy (non-hydrogen) atoms. The third-order valence-electron chi connectivity index (χ3n) is 6.89. The number of aliphatic imine (C=N–C) groups is 1. The molecule has 0 bridgehead atoms. The molecule has 0 fully saturated rings. The topological polar surface area (TPSA) is 77.0 Å². The van der Waals surface area contributed by atoms with Gasteiger partial charge in [-0.3, -0.25) is 9.71 Å². The lowest BCUT2D eigenvalue weighted by Crippen LogP contribution is -2.30. The molecule has 2 heterocycles. The Kier molecular flexibility index (Phi) is 6.10. The Morgan fingerprint density at radius 1 is 0.973 bits per heavy atom. The van der Waals surface area contributed by atoms with Gasteiger partial charge in [-0.05, 0) is 82.0 Å². The first kappa shape index (κ1) is 25.3. The SMILES string of the molecule is CCS(=O)(=O)Nc1cccc(-c2cccc(C3=NC(C)(C)Cc4cc(OC)c5c(c43)CC(C)(C)O5)c2)c1. The standard InChI is InChI=1S/C30H34N2O4S/c1-7-37(33,34)32-23-13-9-11-20(15-23)19-10-8-12-21(14-19)27-26-22(17-29(2,3)31-27)16-25(35-6)28-24(26)18-30(4,5)36-28/h8-16,32H,7,17-18H2,1-6H3. The molecule has 0 saturated heterocycles. The van der Waals surface area contributed by atoms with Crippen molar-refractivity contribution < 1.29 is 17.9 Å². The van der Waals surface area contributed by atoms with E-state index < -0.39 is 10.0 Å². The van der Waals surface area contributed by atoms with E-state index in [0.717, 1.165) is 57.9 Å². The van der Waals surface area contributed by atoms with Gasteiger partial charge in [0.2, 0.25) is 10.0 Å². The molecule has 194 valence electrons. The minimum Gasteiger partial charge on any atom is -0.493 e. The Morgan fingerprint density at radius 2 is 1.65 bits per heavy atom. The van der Waals surface area contributed by atoms with Crippen LogP contribution in [0.1, 0.15) is 56.9 Å². The molecule has 0 unspecified atom stereocenters. The second-order valence-corrected chi connectivity index (χ2v) is 13.1. The number of nitrogens with zero attached hydrogens (tertiary/aromatic N) is 1. The molecule has 0 aliphatic carbocycles. The van der Waals surface area contributed by atoms with Gasteiger partial charge in [0, 0.05) is 28.8 Å². The number of nitrogens with one attached hydrogen (secondary N) is 1. The van der Waals surface area contributed by atoms with Crippen molar-refractivity contribution in [3.8, 4) is 22.6 Å². The monoisotopic (exact) mass is 518 g/mol. The molecule has 2 aliphatic rings. The number of benzene rings is 3. The Hall–Kier alpha value is -3.32. The van der Waals surface area contributed by atoms with Gasteiger partial charge < -0.3 is 9.47 Å². The van der Waals surface area contributed by atoms with Gasteiger partial charge in [-0.1, -0.05) is 30.3 Å². The molecule has 0 spiro atoms. The van der Waals surface area contributed by atoms with E-state index in [2.05, 4.69) is 50.6 Å². The Balaban J connectivity index is 1.62. The Morgan fingerprint density at radius 3 is 2.35 bits per heavy atom. The lowest BCUT2D eigenvalue weighted by Gasteiger charge is -2.31. The van der Waals surface area contributed by atoms with Crippen LogP contribution in [0.2, 0.25) is 0 Å². The Labute approximate surface area is 219 Å². The highest BCUT2D eigenvalue weighted by molar-refractivity contribution is 7.92. The highest BCUT2D eigenvalue weighted by atomic mass is 32.2. The molecule has 0 aromatic heterocycles. The zero-order valence-corrected chi connectivity index (χ0v) is 23.1. The third kappa shape index (κ3) is 4.97. The first-order valence-electron chi connectivity index (χ1n) is 12.6. The summed E-state index contributed by atoms with van der Waals surface area (Å²) in [4.78, 5) is 5.25. The summed E-state index contributed by atoms with van der Waals surface area (Å²) < 4.78 is 38.9.